The number of carboxylic acid groups (broad SMARTS) is 1. The van der Waals surface area contributed by atoms with E-state index in [1.54, 1.807) is 0 Å². The summed E-state index contributed by atoms with van der Waals surface area (Å²) in [4.78, 5) is 11.8. The zero-order valence-electron chi connectivity index (χ0n) is 16.4. The van der Waals surface area contributed by atoms with Gasteiger partial charge in [0.25, 0.3) is 0 Å². The molecule has 2 saturated carbocycles. The van der Waals surface area contributed by atoms with Crippen LogP contribution in [0, 0.1) is 29.5 Å². The van der Waals surface area contributed by atoms with Crippen molar-refractivity contribution in [2.24, 2.45) is 23.7 Å². The van der Waals surface area contributed by atoms with Gasteiger partial charge in [0, 0.05) is 5.92 Å². The minimum absolute atomic E-state index is 0.0419. The highest BCUT2D eigenvalue weighted by Crippen LogP contribution is 2.43. The molecule has 2 aliphatic rings. The molecule has 2 fully saturated rings. The van der Waals surface area contributed by atoms with Crippen LogP contribution in [0.4, 0.5) is 4.39 Å². The molecule has 0 aromatic heterocycles. The van der Waals surface area contributed by atoms with Crippen LogP contribution in [0.15, 0.2) is 24.3 Å². The lowest BCUT2D eigenvalue weighted by atomic mass is 9.68. The molecule has 3 rings (SSSR count). The standard InChI is InChI=1S/C23H33FO3/c1-2-3-16-4-6-17(7-5-16)18-8-10-19(11-9-18)22(23(25)26)27-21-14-12-20(24)13-15-21/h12-19,22H,2-11H2,1H3,(H,25,26)/t16-,17-,18?,19?,22?. The first kappa shape index (κ1) is 20.2. The number of rotatable bonds is 7. The van der Waals surface area contributed by atoms with Crippen LogP contribution in [-0.4, -0.2) is 17.2 Å². The Kier molecular flexibility index (Phi) is 7.14. The molecule has 1 atom stereocenters. The molecule has 2 aliphatic carbocycles. The Balaban J connectivity index is 1.50. The van der Waals surface area contributed by atoms with Gasteiger partial charge in [-0.3, -0.25) is 0 Å². The number of aliphatic carboxylic acids is 1. The van der Waals surface area contributed by atoms with Gasteiger partial charge in [0.1, 0.15) is 11.6 Å². The summed E-state index contributed by atoms with van der Waals surface area (Å²) in [6.45, 7) is 2.28. The van der Waals surface area contributed by atoms with Crippen LogP contribution >= 0.6 is 0 Å². The monoisotopic (exact) mass is 376 g/mol. The summed E-state index contributed by atoms with van der Waals surface area (Å²) in [5.74, 6) is 1.74. The molecule has 0 saturated heterocycles. The van der Waals surface area contributed by atoms with Crippen molar-refractivity contribution >= 4 is 5.97 Å². The summed E-state index contributed by atoms with van der Waals surface area (Å²) in [6.07, 6.45) is 11.4. The Hall–Kier alpha value is -1.58. The molecule has 0 spiro atoms. The van der Waals surface area contributed by atoms with E-state index in [2.05, 4.69) is 6.92 Å². The fourth-order valence-corrected chi connectivity index (χ4v) is 5.28. The van der Waals surface area contributed by atoms with E-state index in [1.807, 2.05) is 0 Å². The fourth-order valence-electron chi connectivity index (χ4n) is 5.28. The predicted octanol–water partition coefficient (Wildman–Crippen LogP) is 6.07. The lowest BCUT2D eigenvalue weighted by molar-refractivity contribution is -0.148. The summed E-state index contributed by atoms with van der Waals surface area (Å²) >= 11 is 0. The van der Waals surface area contributed by atoms with Gasteiger partial charge in [-0.2, -0.15) is 0 Å². The molecular formula is C23H33FO3. The lowest BCUT2D eigenvalue weighted by Gasteiger charge is -2.39. The average molecular weight is 377 g/mol. The highest BCUT2D eigenvalue weighted by atomic mass is 19.1. The van der Waals surface area contributed by atoms with Crippen LogP contribution in [0.3, 0.4) is 0 Å². The molecule has 4 heteroatoms. The molecule has 150 valence electrons. The highest BCUT2D eigenvalue weighted by molar-refractivity contribution is 5.73. The average Bonchev–Trinajstić information content (AvgIpc) is 2.68. The molecule has 27 heavy (non-hydrogen) atoms. The van der Waals surface area contributed by atoms with Gasteiger partial charge in [-0.05, 0) is 80.5 Å². The van der Waals surface area contributed by atoms with E-state index in [0.717, 1.165) is 43.4 Å². The molecule has 0 amide bonds. The SMILES string of the molecule is CCC[C@H]1CC[C@H](C2CCC(C(Oc3ccc(F)cc3)C(=O)O)CC2)CC1. The molecule has 1 aromatic rings. The molecule has 0 heterocycles. The molecule has 1 unspecified atom stereocenters. The molecule has 0 radical (unpaired) electrons. The van der Waals surface area contributed by atoms with E-state index in [0.29, 0.717) is 5.75 Å². The Morgan fingerprint density at radius 2 is 1.59 bits per heavy atom. The summed E-state index contributed by atoms with van der Waals surface area (Å²) < 4.78 is 18.8. The number of hydrogen-bond acceptors (Lipinski definition) is 2. The van der Waals surface area contributed by atoms with E-state index in [-0.39, 0.29) is 11.7 Å². The maximum atomic E-state index is 13.1. The Labute approximate surface area is 162 Å². The van der Waals surface area contributed by atoms with E-state index < -0.39 is 12.1 Å². The van der Waals surface area contributed by atoms with Crippen molar-refractivity contribution < 1.29 is 19.0 Å². The minimum Gasteiger partial charge on any atom is -0.478 e. The second-order valence-electron chi connectivity index (χ2n) is 8.57. The fraction of sp³-hybridized carbons (Fsp3) is 0.696. The third-order valence-corrected chi connectivity index (χ3v) is 6.82. The van der Waals surface area contributed by atoms with Crippen LogP contribution in [-0.2, 0) is 4.79 Å². The van der Waals surface area contributed by atoms with Crippen molar-refractivity contribution in [2.75, 3.05) is 0 Å². The Bertz CT molecular complexity index is 584. The number of benzene rings is 1. The highest BCUT2D eigenvalue weighted by Gasteiger charge is 2.36. The lowest BCUT2D eigenvalue weighted by Crippen LogP contribution is -2.38. The number of carbonyl (C=O) groups is 1. The zero-order chi connectivity index (χ0) is 19.2. The quantitative estimate of drug-likeness (QED) is 0.628. The van der Waals surface area contributed by atoms with Crippen LogP contribution in [0.1, 0.15) is 71.1 Å². The molecular weight excluding hydrogens is 343 g/mol. The van der Waals surface area contributed by atoms with Crippen molar-refractivity contribution in [2.45, 2.75) is 77.2 Å². The van der Waals surface area contributed by atoms with E-state index >= 15 is 0 Å². The van der Waals surface area contributed by atoms with Crippen molar-refractivity contribution in [3.63, 3.8) is 0 Å². The summed E-state index contributed by atoms with van der Waals surface area (Å²) in [7, 11) is 0. The third kappa shape index (κ3) is 5.46. The Morgan fingerprint density at radius 1 is 1.04 bits per heavy atom. The number of ether oxygens (including phenoxy) is 1. The molecule has 1 aromatic carbocycles. The second-order valence-corrected chi connectivity index (χ2v) is 8.57. The maximum absolute atomic E-state index is 13.1. The largest absolute Gasteiger partial charge is 0.478 e. The van der Waals surface area contributed by atoms with Gasteiger partial charge < -0.3 is 9.84 Å². The van der Waals surface area contributed by atoms with Crippen molar-refractivity contribution in [1.29, 1.82) is 0 Å². The smallest absolute Gasteiger partial charge is 0.345 e. The van der Waals surface area contributed by atoms with Gasteiger partial charge in [-0.25, -0.2) is 9.18 Å². The normalized spacial score (nSPS) is 29.9. The van der Waals surface area contributed by atoms with E-state index in [1.165, 1.54) is 62.8 Å². The Morgan fingerprint density at radius 3 is 2.11 bits per heavy atom. The van der Waals surface area contributed by atoms with Gasteiger partial charge >= 0.3 is 5.97 Å². The topological polar surface area (TPSA) is 46.5 Å². The number of hydrogen-bond donors (Lipinski definition) is 1. The predicted molar refractivity (Wildman–Crippen MR) is 104 cm³/mol. The van der Waals surface area contributed by atoms with Gasteiger partial charge in [-0.15, -0.1) is 0 Å². The number of carboxylic acids is 1. The van der Waals surface area contributed by atoms with Crippen LogP contribution in [0.2, 0.25) is 0 Å². The first-order valence-electron chi connectivity index (χ1n) is 10.7. The van der Waals surface area contributed by atoms with Crippen molar-refractivity contribution in [3.05, 3.63) is 30.1 Å². The van der Waals surface area contributed by atoms with E-state index in [4.69, 9.17) is 4.74 Å². The summed E-state index contributed by atoms with van der Waals surface area (Å²) in [6, 6.07) is 5.62. The maximum Gasteiger partial charge on any atom is 0.345 e. The second kappa shape index (κ2) is 9.57. The third-order valence-electron chi connectivity index (χ3n) is 6.82. The van der Waals surface area contributed by atoms with Gasteiger partial charge in [0.05, 0.1) is 0 Å². The van der Waals surface area contributed by atoms with Crippen LogP contribution in [0.5, 0.6) is 5.75 Å². The zero-order valence-corrected chi connectivity index (χ0v) is 16.4. The van der Waals surface area contributed by atoms with Crippen molar-refractivity contribution in [3.8, 4) is 5.75 Å². The molecule has 0 bridgehead atoms. The molecule has 1 N–H and O–H groups in total. The van der Waals surface area contributed by atoms with Crippen LogP contribution in [0.25, 0.3) is 0 Å². The van der Waals surface area contributed by atoms with Gasteiger partial charge in [0.2, 0.25) is 0 Å². The van der Waals surface area contributed by atoms with Gasteiger partial charge in [0.15, 0.2) is 6.10 Å². The first-order chi connectivity index (χ1) is 13.1. The molecule has 0 aliphatic heterocycles. The first-order valence-corrected chi connectivity index (χ1v) is 10.7. The minimum atomic E-state index is -0.914. The summed E-state index contributed by atoms with van der Waals surface area (Å²) in [5.41, 5.74) is 0. The molecule has 3 nitrogen and oxygen atoms in total. The van der Waals surface area contributed by atoms with Crippen LogP contribution < -0.4 is 4.74 Å². The summed E-state index contributed by atoms with van der Waals surface area (Å²) in [5, 5.41) is 9.64. The van der Waals surface area contributed by atoms with Crippen molar-refractivity contribution in [1.82, 2.24) is 0 Å². The number of halogens is 1. The van der Waals surface area contributed by atoms with E-state index in [9.17, 15) is 14.3 Å². The van der Waals surface area contributed by atoms with Gasteiger partial charge in [-0.1, -0.05) is 32.6 Å².